The van der Waals surface area contributed by atoms with E-state index in [1.807, 2.05) is 48.2 Å². The lowest BCUT2D eigenvalue weighted by Crippen LogP contribution is -2.48. The van der Waals surface area contributed by atoms with Crippen molar-refractivity contribution in [3.05, 3.63) is 64.6 Å². The summed E-state index contributed by atoms with van der Waals surface area (Å²) in [5.41, 5.74) is 2.94. The number of hydrogen-bond donors (Lipinski definition) is 0. The van der Waals surface area contributed by atoms with Crippen LogP contribution < -0.4 is 10.4 Å². The van der Waals surface area contributed by atoms with Crippen LogP contribution in [0.5, 0.6) is 5.75 Å². The Balaban J connectivity index is 1.29. The molecule has 1 fully saturated rings. The van der Waals surface area contributed by atoms with Gasteiger partial charge in [0.05, 0.1) is 17.6 Å². The van der Waals surface area contributed by atoms with Crippen molar-refractivity contribution in [3.8, 4) is 5.75 Å². The fraction of sp³-hybridized carbons (Fsp3) is 0.417. The number of piperazine rings is 1. The molecule has 1 aromatic heterocycles. The highest BCUT2D eigenvalue weighted by Crippen LogP contribution is 2.16. The average molecular weight is 423 g/mol. The lowest BCUT2D eigenvalue weighted by atomic mass is 10.2. The summed E-state index contributed by atoms with van der Waals surface area (Å²) in [5.74, 6) is 1.01. The molecule has 1 amide bonds. The number of aromatic nitrogens is 2. The van der Waals surface area contributed by atoms with Crippen LogP contribution in [0.25, 0.3) is 11.0 Å². The zero-order valence-corrected chi connectivity index (χ0v) is 18.3. The van der Waals surface area contributed by atoms with E-state index in [9.17, 15) is 9.59 Å². The van der Waals surface area contributed by atoms with Crippen LogP contribution in [0, 0.1) is 0 Å². The van der Waals surface area contributed by atoms with E-state index in [1.54, 1.807) is 16.2 Å². The van der Waals surface area contributed by atoms with Crippen LogP contribution in [0.4, 0.5) is 0 Å². The summed E-state index contributed by atoms with van der Waals surface area (Å²) < 4.78 is 8.84. The van der Waals surface area contributed by atoms with E-state index < -0.39 is 0 Å². The number of amides is 1. The zero-order chi connectivity index (χ0) is 21.8. The molecule has 1 aliphatic heterocycles. The van der Waals surface area contributed by atoms with Gasteiger partial charge >= 0.3 is 5.69 Å². The number of nitrogens with zero attached hydrogens (tertiary/aromatic N) is 4. The third kappa shape index (κ3) is 4.66. The van der Waals surface area contributed by atoms with Gasteiger partial charge in [-0.1, -0.05) is 24.3 Å². The van der Waals surface area contributed by atoms with E-state index in [2.05, 4.69) is 17.0 Å². The molecule has 1 aliphatic rings. The predicted octanol–water partition coefficient (Wildman–Crippen LogP) is 2.47. The van der Waals surface area contributed by atoms with E-state index in [0.29, 0.717) is 19.6 Å². The highest BCUT2D eigenvalue weighted by molar-refractivity contribution is 5.78. The molecule has 3 aromatic rings. The fourth-order valence-corrected chi connectivity index (χ4v) is 4.22. The minimum atomic E-state index is -0.0748. The molecule has 0 spiro atoms. The number of imidazole rings is 1. The number of rotatable bonds is 7. The van der Waals surface area contributed by atoms with Crippen molar-refractivity contribution in [1.29, 1.82) is 0 Å². The van der Waals surface area contributed by atoms with Gasteiger partial charge in [-0.2, -0.15) is 0 Å². The number of benzene rings is 2. The zero-order valence-electron chi connectivity index (χ0n) is 18.3. The van der Waals surface area contributed by atoms with Crippen LogP contribution in [-0.2, 0) is 24.9 Å². The minimum absolute atomic E-state index is 0.0748. The number of para-hydroxylation sites is 2. The summed E-state index contributed by atoms with van der Waals surface area (Å²) >= 11 is 0. The van der Waals surface area contributed by atoms with Gasteiger partial charge in [0.15, 0.2) is 0 Å². The molecule has 31 heavy (non-hydrogen) atoms. The summed E-state index contributed by atoms with van der Waals surface area (Å²) in [7, 11) is 1.77. The molecular formula is C24H30N4O3. The Morgan fingerprint density at radius 3 is 2.32 bits per heavy atom. The molecule has 7 nitrogen and oxygen atoms in total. The maximum absolute atomic E-state index is 12.8. The first-order valence-electron chi connectivity index (χ1n) is 10.9. The Kier molecular flexibility index (Phi) is 6.42. The maximum atomic E-state index is 12.8. The molecule has 4 rings (SSSR count). The third-order valence-electron chi connectivity index (χ3n) is 5.97. The molecule has 2 aromatic carbocycles. The number of carbonyl (C=O) groups is 1. The molecule has 0 saturated carbocycles. The van der Waals surface area contributed by atoms with E-state index >= 15 is 0 Å². The Morgan fingerprint density at radius 2 is 1.65 bits per heavy atom. The van der Waals surface area contributed by atoms with Gasteiger partial charge in [-0.25, -0.2) is 4.79 Å². The lowest BCUT2D eigenvalue weighted by molar-refractivity contribution is -0.133. The molecule has 2 heterocycles. The summed E-state index contributed by atoms with van der Waals surface area (Å²) in [5, 5.41) is 0. The van der Waals surface area contributed by atoms with Crippen molar-refractivity contribution in [3.63, 3.8) is 0 Å². The Hall–Kier alpha value is -3.06. The van der Waals surface area contributed by atoms with Gasteiger partial charge in [-0.15, -0.1) is 0 Å². The molecule has 0 radical (unpaired) electrons. The summed E-state index contributed by atoms with van der Waals surface area (Å²) in [6, 6.07) is 15.9. The van der Waals surface area contributed by atoms with Gasteiger partial charge < -0.3 is 9.64 Å². The second-order valence-corrected chi connectivity index (χ2v) is 7.97. The highest BCUT2D eigenvalue weighted by Gasteiger charge is 2.21. The molecule has 0 atom stereocenters. The molecular weight excluding hydrogens is 392 g/mol. The van der Waals surface area contributed by atoms with E-state index in [4.69, 9.17) is 4.74 Å². The van der Waals surface area contributed by atoms with Crippen molar-refractivity contribution >= 4 is 16.9 Å². The minimum Gasteiger partial charge on any atom is -0.494 e. The lowest BCUT2D eigenvalue weighted by Gasteiger charge is -2.34. The molecule has 0 bridgehead atoms. The van der Waals surface area contributed by atoms with E-state index in [1.165, 1.54) is 5.56 Å². The number of aryl methyl sites for hydroxylation is 2. The van der Waals surface area contributed by atoms with Crippen LogP contribution in [0.15, 0.2) is 53.3 Å². The van der Waals surface area contributed by atoms with Gasteiger partial charge in [-0.05, 0) is 36.8 Å². The highest BCUT2D eigenvalue weighted by atomic mass is 16.5. The van der Waals surface area contributed by atoms with Gasteiger partial charge in [-0.3, -0.25) is 18.8 Å². The second-order valence-electron chi connectivity index (χ2n) is 7.97. The number of carbonyl (C=O) groups excluding carboxylic acids is 1. The monoisotopic (exact) mass is 422 g/mol. The summed E-state index contributed by atoms with van der Waals surface area (Å²) in [6.07, 6.45) is 0.340. The summed E-state index contributed by atoms with van der Waals surface area (Å²) in [6.45, 7) is 7.09. The normalized spacial score (nSPS) is 14.8. The van der Waals surface area contributed by atoms with Gasteiger partial charge in [0.2, 0.25) is 5.91 Å². The van der Waals surface area contributed by atoms with Crippen molar-refractivity contribution in [1.82, 2.24) is 18.9 Å². The van der Waals surface area contributed by atoms with Crippen molar-refractivity contribution < 1.29 is 9.53 Å². The first kappa shape index (κ1) is 21.2. The molecule has 164 valence electrons. The first-order valence-corrected chi connectivity index (χ1v) is 10.9. The quantitative estimate of drug-likeness (QED) is 0.587. The SMILES string of the molecule is CCOc1ccc(CN2CCN(C(=O)CCn3c(=O)n(C)c4ccccc43)CC2)cc1. The van der Waals surface area contributed by atoms with Crippen molar-refractivity contribution in [2.24, 2.45) is 7.05 Å². The summed E-state index contributed by atoms with van der Waals surface area (Å²) in [4.78, 5) is 29.6. The van der Waals surface area contributed by atoms with Crippen LogP contribution in [0.1, 0.15) is 18.9 Å². The topological polar surface area (TPSA) is 59.7 Å². The third-order valence-corrected chi connectivity index (χ3v) is 5.97. The molecule has 0 aliphatic carbocycles. The predicted molar refractivity (Wildman–Crippen MR) is 121 cm³/mol. The van der Waals surface area contributed by atoms with E-state index in [0.717, 1.165) is 49.5 Å². The second kappa shape index (κ2) is 9.39. The van der Waals surface area contributed by atoms with Crippen LogP contribution in [0.2, 0.25) is 0 Å². The van der Waals surface area contributed by atoms with E-state index in [-0.39, 0.29) is 11.6 Å². The van der Waals surface area contributed by atoms with Crippen LogP contribution in [-0.4, -0.2) is 57.6 Å². The smallest absolute Gasteiger partial charge is 0.328 e. The fourth-order valence-electron chi connectivity index (χ4n) is 4.22. The number of ether oxygens (including phenoxy) is 1. The average Bonchev–Trinajstić information content (AvgIpc) is 3.04. The first-order chi connectivity index (χ1) is 15.1. The molecule has 1 saturated heterocycles. The largest absolute Gasteiger partial charge is 0.494 e. The Labute approximate surface area is 182 Å². The van der Waals surface area contributed by atoms with Crippen molar-refractivity contribution in [2.45, 2.75) is 26.4 Å². The van der Waals surface area contributed by atoms with Gasteiger partial charge in [0.1, 0.15) is 5.75 Å². The van der Waals surface area contributed by atoms with Crippen LogP contribution >= 0.6 is 0 Å². The van der Waals surface area contributed by atoms with Crippen LogP contribution in [0.3, 0.4) is 0 Å². The number of fused-ring (bicyclic) bond motifs is 1. The molecule has 0 unspecified atom stereocenters. The van der Waals surface area contributed by atoms with Gasteiger partial charge in [0.25, 0.3) is 0 Å². The van der Waals surface area contributed by atoms with Crippen molar-refractivity contribution in [2.75, 3.05) is 32.8 Å². The number of hydrogen-bond acceptors (Lipinski definition) is 4. The molecule has 7 heteroatoms. The molecule has 0 N–H and O–H groups in total. The maximum Gasteiger partial charge on any atom is 0.328 e. The Bertz CT molecular complexity index is 1090. The standard InChI is InChI=1S/C24H30N4O3/c1-3-31-20-10-8-19(9-11-20)18-26-14-16-27(17-15-26)23(29)12-13-28-22-7-5-4-6-21(22)25(2)24(28)30/h4-11H,3,12-18H2,1-2H3. The Morgan fingerprint density at radius 1 is 0.968 bits per heavy atom. The van der Waals surface area contributed by atoms with Gasteiger partial charge in [0, 0.05) is 52.7 Å².